The summed E-state index contributed by atoms with van der Waals surface area (Å²) >= 11 is 0. The van der Waals surface area contributed by atoms with Gasteiger partial charge in [0.05, 0.1) is 13.0 Å². The molecule has 0 aliphatic heterocycles. The number of hydrogen-bond acceptors (Lipinski definition) is 4. The van der Waals surface area contributed by atoms with Crippen LogP contribution in [0.4, 0.5) is 4.79 Å². The quantitative estimate of drug-likeness (QED) is 0.785. The van der Waals surface area contributed by atoms with Crippen LogP contribution in [-0.4, -0.2) is 24.7 Å². The van der Waals surface area contributed by atoms with Crippen LogP contribution >= 0.6 is 0 Å². The molecule has 0 fully saturated rings. The average molecular weight is 293 g/mol. The highest BCUT2D eigenvalue weighted by Crippen LogP contribution is 2.08. The molecule has 1 rings (SSSR count). The van der Waals surface area contributed by atoms with Crippen molar-refractivity contribution in [2.24, 2.45) is 5.92 Å². The summed E-state index contributed by atoms with van der Waals surface area (Å²) in [5.41, 5.74) is 0.916. The first-order chi connectivity index (χ1) is 10.0. The number of hydrogen-bond donors (Lipinski definition) is 1. The lowest BCUT2D eigenvalue weighted by Crippen LogP contribution is -2.40. The fourth-order valence-corrected chi connectivity index (χ4v) is 1.77. The second-order valence-electron chi connectivity index (χ2n) is 5.07. The number of carbonyl (C=O) groups is 2. The Bertz CT molecular complexity index is 445. The molecule has 1 aromatic carbocycles. The summed E-state index contributed by atoms with van der Waals surface area (Å²) in [4.78, 5) is 23.3. The number of amides is 1. The molecule has 0 saturated heterocycles. The van der Waals surface area contributed by atoms with Crippen LogP contribution in [-0.2, 0) is 20.9 Å². The summed E-state index contributed by atoms with van der Waals surface area (Å²) in [6.07, 6.45) is -0.381. The zero-order valence-corrected chi connectivity index (χ0v) is 12.8. The molecule has 21 heavy (non-hydrogen) atoms. The molecule has 0 aliphatic carbocycles. The fourth-order valence-electron chi connectivity index (χ4n) is 1.77. The van der Waals surface area contributed by atoms with Crippen molar-refractivity contribution in [2.45, 2.75) is 39.8 Å². The predicted octanol–water partition coefficient (Wildman–Crippen LogP) is 2.89. The second-order valence-corrected chi connectivity index (χ2v) is 5.07. The number of esters is 1. The molecule has 1 amide bonds. The van der Waals surface area contributed by atoms with Crippen molar-refractivity contribution in [1.82, 2.24) is 5.32 Å². The molecule has 1 N–H and O–H groups in total. The van der Waals surface area contributed by atoms with Gasteiger partial charge in [-0.2, -0.15) is 0 Å². The third kappa shape index (κ3) is 6.79. The topological polar surface area (TPSA) is 64.6 Å². The van der Waals surface area contributed by atoms with Gasteiger partial charge in [0.2, 0.25) is 0 Å². The van der Waals surface area contributed by atoms with Gasteiger partial charge in [-0.3, -0.25) is 4.79 Å². The van der Waals surface area contributed by atoms with E-state index < -0.39 is 6.09 Å². The molecule has 116 valence electrons. The zero-order chi connectivity index (χ0) is 15.7. The molecule has 0 aromatic heterocycles. The highest BCUT2D eigenvalue weighted by atomic mass is 16.5. The normalized spacial score (nSPS) is 11.8. The third-order valence-corrected chi connectivity index (χ3v) is 3.01. The Balaban J connectivity index is 2.43. The van der Waals surface area contributed by atoms with Gasteiger partial charge in [0.1, 0.15) is 6.61 Å². The monoisotopic (exact) mass is 293 g/mol. The summed E-state index contributed by atoms with van der Waals surface area (Å²) in [6.45, 7) is 6.16. The molecular formula is C16H23NO4. The highest BCUT2D eigenvalue weighted by Gasteiger charge is 2.21. The van der Waals surface area contributed by atoms with Gasteiger partial charge in [-0.15, -0.1) is 0 Å². The van der Waals surface area contributed by atoms with Gasteiger partial charge in [-0.25, -0.2) is 4.79 Å². The Morgan fingerprint density at radius 2 is 1.81 bits per heavy atom. The molecule has 0 heterocycles. The lowest BCUT2D eigenvalue weighted by atomic mass is 10.0. The smallest absolute Gasteiger partial charge is 0.407 e. The molecule has 0 spiro atoms. The Morgan fingerprint density at radius 3 is 2.38 bits per heavy atom. The minimum Gasteiger partial charge on any atom is -0.466 e. The van der Waals surface area contributed by atoms with Gasteiger partial charge in [0.15, 0.2) is 0 Å². The molecule has 0 saturated carbocycles. The molecule has 5 nitrogen and oxygen atoms in total. The van der Waals surface area contributed by atoms with Crippen LogP contribution in [0.5, 0.6) is 0 Å². The van der Waals surface area contributed by atoms with Crippen LogP contribution < -0.4 is 5.32 Å². The fraction of sp³-hybridized carbons (Fsp3) is 0.500. The van der Waals surface area contributed by atoms with E-state index in [9.17, 15) is 9.59 Å². The standard InChI is InChI=1S/C16H23NO4/c1-4-20-15(18)10-14(12(2)3)17-16(19)21-11-13-8-6-5-7-9-13/h5-9,12,14H,4,10-11H2,1-3H3,(H,17,19)/t14-/m0/s1. The molecule has 0 unspecified atom stereocenters. The zero-order valence-electron chi connectivity index (χ0n) is 12.8. The molecule has 0 bridgehead atoms. The number of alkyl carbamates (subject to hydrolysis) is 1. The molecule has 0 radical (unpaired) electrons. The molecule has 5 heteroatoms. The van der Waals surface area contributed by atoms with Crippen molar-refractivity contribution in [3.05, 3.63) is 35.9 Å². The predicted molar refractivity (Wildman–Crippen MR) is 79.6 cm³/mol. The van der Waals surface area contributed by atoms with Gasteiger partial charge in [-0.05, 0) is 18.4 Å². The van der Waals surface area contributed by atoms with Crippen molar-refractivity contribution in [3.8, 4) is 0 Å². The van der Waals surface area contributed by atoms with E-state index in [0.29, 0.717) is 6.61 Å². The third-order valence-electron chi connectivity index (χ3n) is 3.01. The van der Waals surface area contributed by atoms with E-state index in [2.05, 4.69) is 5.32 Å². The second kappa shape index (κ2) is 9.00. The number of nitrogens with one attached hydrogen (secondary N) is 1. The Kier molecular flexibility index (Phi) is 7.29. The van der Waals surface area contributed by atoms with Gasteiger partial charge < -0.3 is 14.8 Å². The van der Waals surface area contributed by atoms with E-state index in [-0.39, 0.29) is 31.0 Å². The van der Waals surface area contributed by atoms with E-state index >= 15 is 0 Å². The average Bonchev–Trinajstić information content (AvgIpc) is 2.45. The minimum absolute atomic E-state index is 0.110. The Hall–Kier alpha value is -2.04. The van der Waals surface area contributed by atoms with Crippen LogP contribution in [0, 0.1) is 5.92 Å². The number of ether oxygens (including phenoxy) is 2. The lowest BCUT2D eigenvalue weighted by Gasteiger charge is -2.21. The SMILES string of the molecule is CCOC(=O)C[C@H](NC(=O)OCc1ccccc1)C(C)C. The van der Waals surface area contributed by atoms with E-state index in [1.54, 1.807) is 6.92 Å². The Labute approximate surface area is 125 Å². The van der Waals surface area contributed by atoms with Crippen molar-refractivity contribution >= 4 is 12.1 Å². The largest absolute Gasteiger partial charge is 0.466 e. The van der Waals surface area contributed by atoms with Gasteiger partial charge in [0, 0.05) is 6.04 Å². The first-order valence-electron chi connectivity index (χ1n) is 7.15. The number of rotatable bonds is 7. The summed E-state index contributed by atoms with van der Waals surface area (Å²) in [5.74, 6) is -0.210. The van der Waals surface area contributed by atoms with Gasteiger partial charge in [0.25, 0.3) is 0 Å². The first kappa shape index (κ1) is 17.0. The van der Waals surface area contributed by atoms with E-state index in [0.717, 1.165) is 5.56 Å². The maximum atomic E-state index is 11.8. The van der Waals surface area contributed by atoms with E-state index in [1.807, 2.05) is 44.2 Å². The summed E-state index contributed by atoms with van der Waals surface area (Å²) < 4.78 is 10.1. The maximum absolute atomic E-state index is 11.8. The van der Waals surface area contributed by atoms with Crippen molar-refractivity contribution < 1.29 is 19.1 Å². The van der Waals surface area contributed by atoms with Crippen LogP contribution in [0.15, 0.2) is 30.3 Å². The van der Waals surface area contributed by atoms with Crippen LogP contribution in [0.1, 0.15) is 32.8 Å². The van der Waals surface area contributed by atoms with Crippen molar-refractivity contribution in [1.29, 1.82) is 0 Å². The summed E-state index contributed by atoms with van der Waals surface area (Å²) in [7, 11) is 0. The van der Waals surface area contributed by atoms with E-state index in [1.165, 1.54) is 0 Å². The van der Waals surface area contributed by atoms with Crippen molar-refractivity contribution in [3.63, 3.8) is 0 Å². The maximum Gasteiger partial charge on any atom is 0.407 e. The molecule has 1 atom stereocenters. The highest BCUT2D eigenvalue weighted by molar-refractivity contribution is 5.72. The van der Waals surface area contributed by atoms with E-state index in [4.69, 9.17) is 9.47 Å². The number of carbonyl (C=O) groups excluding carboxylic acids is 2. The van der Waals surface area contributed by atoms with Crippen molar-refractivity contribution in [2.75, 3.05) is 6.61 Å². The number of benzene rings is 1. The summed E-state index contributed by atoms with van der Waals surface area (Å²) in [6, 6.07) is 9.13. The van der Waals surface area contributed by atoms with Crippen LogP contribution in [0.2, 0.25) is 0 Å². The van der Waals surface area contributed by atoms with Crippen LogP contribution in [0.3, 0.4) is 0 Å². The van der Waals surface area contributed by atoms with Crippen LogP contribution in [0.25, 0.3) is 0 Å². The molecule has 0 aliphatic rings. The minimum atomic E-state index is -0.526. The van der Waals surface area contributed by atoms with Gasteiger partial charge in [-0.1, -0.05) is 44.2 Å². The molecule has 1 aromatic rings. The van der Waals surface area contributed by atoms with Gasteiger partial charge >= 0.3 is 12.1 Å². The first-order valence-corrected chi connectivity index (χ1v) is 7.15. The Morgan fingerprint density at radius 1 is 1.14 bits per heavy atom. The lowest BCUT2D eigenvalue weighted by molar-refractivity contribution is -0.143. The molecular weight excluding hydrogens is 270 g/mol. The summed E-state index contributed by atoms with van der Waals surface area (Å²) in [5, 5.41) is 2.71.